The Kier molecular flexibility index (Phi) is 6.77. The number of sulfone groups is 1. The number of hydrogen-bond acceptors (Lipinski definition) is 5. The Hall–Kier alpha value is -1.93. The summed E-state index contributed by atoms with van der Waals surface area (Å²) < 4.78 is 23.4. The molecule has 0 spiro atoms. The molecule has 0 unspecified atom stereocenters. The molecule has 0 radical (unpaired) electrons. The molecule has 0 aliphatic rings. The number of thiazole rings is 1. The molecule has 2 N–H and O–H groups in total. The van der Waals surface area contributed by atoms with E-state index in [0.717, 1.165) is 28.4 Å². The van der Waals surface area contributed by atoms with E-state index >= 15 is 0 Å². The van der Waals surface area contributed by atoms with Crippen LogP contribution in [-0.4, -0.2) is 32.2 Å². The van der Waals surface area contributed by atoms with Crippen LogP contribution in [0.4, 0.5) is 0 Å². The molecule has 1 aromatic carbocycles. The van der Waals surface area contributed by atoms with Gasteiger partial charge in [0, 0.05) is 17.7 Å². The maximum absolute atomic E-state index is 11.7. The normalized spacial score (nSPS) is 12.3. The highest BCUT2D eigenvalue weighted by molar-refractivity contribution is 7.90. The van der Waals surface area contributed by atoms with Gasteiger partial charge in [-0.25, -0.2) is 18.4 Å². The maximum atomic E-state index is 11.7. The molecule has 0 aliphatic carbocycles. The van der Waals surface area contributed by atoms with Crippen LogP contribution in [0.15, 0.2) is 28.1 Å². The molecule has 2 rings (SSSR count). The molecule has 0 fully saturated rings. The van der Waals surface area contributed by atoms with Gasteiger partial charge in [0.25, 0.3) is 0 Å². The Morgan fingerprint density at radius 2 is 1.96 bits per heavy atom. The van der Waals surface area contributed by atoms with E-state index in [1.165, 1.54) is 11.1 Å². The summed E-state index contributed by atoms with van der Waals surface area (Å²) in [7, 11) is -3.20. The van der Waals surface area contributed by atoms with E-state index < -0.39 is 9.84 Å². The molecular weight excluding hydrogens is 368 g/mol. The van der Waals surface area contributed by atoms with E-state index in [-0.39, 0.29) is 0 Å². The minimum Gasteiger partial charge on any atom is -0.357 e. The predicted molar refractivity (Wildman–Crippen MR) is 108 cm³/mol. The summed E-state index contributed by atoms with van der Waals surface area (Å²) in [6.07, 6.45) is 1.22. The van der Waals surface area contributed by atoms with Gasteiger partial charge in [0.2, 0.25) is 0 Å². The van der Waals surface area contributed by atoms with E-state index in [4.69, 9.17) is 0 Å². The molecule has 2 aromatic rings. The molecule has 0 saturated heterocycles. The van der Waals surface area contributed by atoms with Crippen LogP contribution >= 0.6 is 11.3 Å². The highest BCUT2D eigenvalue weighted by atomic mass is 32.2. The number of aryl methyl sites for hydroxylation is 3. The SMILES string of the molecule is CCNC(=NCc1ccc(S(C)(=O)=O)c(C)c1)NCc1nc(C)c(C)s1. The molecular formula is C18H26N4O2S2. The fraction of sp³-hybridized carbons (Fsp3) is 0.444. The van der Waals surface area contributed by atoms with Gasteiger partial charge in [-0.15, -0.1) is 11.3 Å². The van der Waals surface area contributed by atoms with Crippen molar-refractivity contribution in [2.24, 2.45) is 4.99 Å². The lowest BCUT2D eigenvalue weighted by atomic mass is 10.1. The number of guanidine groups is 1. The van der Waals surface area contributed by atoms with Crippen LogP contribution in [0.3, 0.4) is 0 Å². The predicted octanol–water partition coefficient (Wildman–Crippen LogP) is 2.73. The van der Waals surface area contributed by atoms with Crippen molar-refractivity contribution in [1.29, 1.82) is 0 Å². The molecule has 0 aliphatic heterocycles. The lowest BCUT2D eigenvalue weighted by Crippen LogP contribution is -2.36. The van der Waals surface area contributed by atoms with Crippen molar-refractivity contribution in [2.75, 3.05) is 12.8 Å². The third-order valence-corrected chi connectivity index (χ3v) is 6.21. The van der Waals surface area contributed by atoms with Crippen LogP contribution in [0.2, 0.25) is 0 Å². The molecule has 6 nitrogen and oxygen atoms in total. The molecule has 0 atom stereocenters. The first-order chi connectivity index (χ1) is 12.2. The highest BCUT2D eigenvalue weighted by Crippen LogP contribution is 2.17. The van der Waals surface area contributed by atoms with Crippen LogP contribution in [0.25, 0.3) is 0 Å². The molecule has 26 heavy (non-hydrogen) atoms. The first-order valence-corrected chi connectivity index (χ1v) is 11.2. The maximum Gasteiger partial charge on any atom is 0.191 e. The Labute approximate surface area is 159 Å². The standard InChI is InChI=1S/C18H26N4O2S2/c1-6-19-18(21-11-17-22-13(3)14(4)25-17)20-10-15-7-8-16(12(2)9-15)26(5,23)24/h7-9H,6,10-11H2,1-5H3,(H2,19,20,21). The summed E-state index contributed by atoms with van der Waals surface area (Å²) >= 11 is 1.68. The number of nitrogens with zero attached hydrogens (tertiary/aromatic N) is 2. The average Bonchev–Trinajstić information content (AvgIpc) is 2.87. The molecule has 8 heteroatoms. The van der Waals surface area contributed by atoms with Crippen LogP contribution in [0, 0.1) is 20.8 Å². The van der Waals surface area contributed by atoms with Crippen molar-refractivity contribution >= 4 is 27.1 Å². The van der Waals surface area contributed by atoms with Gasteiger partial charge in [-0.1, -0.05) is 12.1 Å². The van der Waals surface area contributed by atoms with Gasteiger partial charge in [0.05, 0.1) is 23.7 Å². The third-order valence-electron chi connectivity index (χ3n) is 3.88. The molecule has 0 amide bonds. The summed E-state index contributed by atoms with van der Waals surface area (Å²) in [5.41, 5.74) is 2.77. The average molecular weight is 395 g/mol. The summed E-state index contributed by atoms with van der Waals surface area (Å²) in [6.45, 7) is 9.75. The number of rotatable bonds is 6. The van der Waals surface area contributed by atoms with Gasteiger partial charge < -0.3 is 10.6 Å². The zero-order valence-corrected chi connectivity index (χ0v) is 17.5. The van der Waals surface area contributed by atoms with Crippen LogP contribution < -0.4 is 10.6 Å². The van der Waals surface area contributed by atoms with Crippen molar-refractivity contribution < 1.29 is 8.42 Å². The van der Waals surface area contributed by atoms with Crippen LogP contribution in [-0.2, 0) is 22.9 Å². The second kappa shape index (κ2) is 8.64. The third kappa shape index (κ3) is 5.54. The molecule has 0 bridgehead atoms. The van der Waals surface area contributed by atoms with Gasteiger partial charge in [-0.2, -0.15) is 0 Å². The Balaban J connectivity index is 2.07. The van der Waals surface area contributed by atoms with Gasteiger partial charge in [0.1, 0.15) is 5.01 Å². The molecule has 0 saturated carbocycles. The number of aliphatic imine (C=N–C) groups is 1. The first kappa shape index (κ1) is 20.4. The number of benzene rings is 1. The first-order valence-electron chi connectivity index (χ1n) is 8.45. The van der Waals surface area contributed by atoms with Crippen molar-refractivity contribution in [1.82, 2.24) is 15.6 Å². The Morgan fingerprint density at radius 3 is 2.50 bits per heavy atom. The van der Waals surface area contributed by atoms with Gasteiger partial charge in [-0.05, 0) is 44.9 Å². The zero-order chi connectivity index (χ0) is 19.3. The smallest absolute Gasteiger partial charge is 0.191 e. The minimum atomic E-state index is -3.20. The fourth-order valence-corrected chi connectivity index (χ4v) is 4.34. The minimum absolute atomic E-state index is 0.366. The lowest BCUT2D eigenvalue weighted by molar-refractivity contribution is 0.601. The van der Waals surface area contributed by atoms with Crippen LogP contribution in [0.5, 0.6) is 0 Å². The molecule has 1 aromatic heterocycles. The summed E-state index contributed by atoms with van der Waals surface area (Å²) in [5.74, 6) is 0.711. The second-order valence-corrected chi connectivity index (χ2v) is 9.44. The van der Waals surface area contributed by atoms with Crippen molar-refractivity contribution in [2.45, 2.75) is 45.7 Å². The number of nitrogens with one attached hydrogen (secondary N) is 2. The molecule has 1 heterocycles. The lowest BCUT2D eigenvalue weighted by Gasteiger charge is -2.11. The Morgan fingerprint density at radius 1 is 1.23 bits per heavy atom. The largest absolute Gasteiger partial charge is 0.357 e. The van der Waals surface area contributed by atoms with Crippen molar-refractivity contribution in [3.05, 3.63) is 44.9 Å². The summed E-state index contributed by atoms with van der Waals surface area (Å²) in [4.78, 5) is 10.7. The topological polar surface area (TPSA) is 83.5 Å². The van der Waals surface area contributed by atoms with Gasteiger partial charge in [0.15, 0.2) is 15.8 Å². The zero-order valence-electron chi connectivity index (χ0n) is 15.9. The van der Waals surface area contributed by atoms with E-state index in [1.54, 1.807) is 24.3 Å². The van der Waals surface area contributed by atoms with E-state index in [0.29, 0.717) is 23.9 Å². The Bertz CT molecular complexity index is 882. The summed E-state index contributed by atoms with van der Waals surface area (Å²) in [6, 6.07) is 5.33. The summed E-state index contributed by atoms with van der Waals surface area (Å²) in [5, 5.41) is 7.53. The second-order valence-electron chi connectivity index (χ2n) is 6.17. The van der Waals surface area contributed by atoms with E-state index in [9.17, 15) is 8.42 Å². The van der Waals surface area contributed by atoms with Crippen molar-refractivity contribution in [3.8, 4) is 0 Å². The number of hydrogen-bond donors (Lipinski definition) is 2. The molecule has 142 valence electrons. The highest BCUT2D eigenvalue weighted by Gasteiger charge is 2.11. The fourth-order valence-electron chi connectivity index (χ4n) is 2.51. The van der Waals surface area contributed by atoms with E-state index in [2.05, 4.69) is 27.5 Å². The number of aromatic nitrogens is 1. The monoisotopic (exact) mass is 394 g/mol. The quantitative estimate of drug-likeness (QED) is 0.581. The van der Waals surface area contributed by atoms with Gasteiger partial charge in [-0.3, -0.25) is 0 Å². The van der Waals surface area contributed by atoms with Crippen LogP contribution in [0.1, 0.15) is 33.6 Å². The van der Waals surface area contributed by atoms with Gasteiger partial charge >= 0.3 is 0 Å². The van der Waals surface area contributed by atoms with Crippen molar-refractivity contribution in [3.63, 3.8) is 0 Å². The van der Waals surface area contributed by atoms with E-state index in [1.807, 2.05) is 26.0 Å².